The molecule has 23 heavy (non-hydrogen) atoms. The summed E-state index contributed by atoms with van der Waals surface area (Å²) in [6.45, 7) is 0.818. The van der Waals surface area contributed by atoms with Gasteiger partial charge in [0.25, 0.3) is 5.69 Å². The summed E-state index contributed by atoms with van der Waals surface area (Å²) >= 11 is 5.15. The second kappa shape index (κ2) is 8.21. The summed E-state index contributed by atoms with van der Waals surface area (Å²) in [5.41, 5.74) is 1.69. The van der Waals surface area contributed by atoms with Gasteiger partial charge in [-0.3, -0.25) is 10.1 Å². The lowest BCUT2D eigenvalue weighted by atomic mass is 10.1. The van der Waals surface area contributed by atoms with Gasteiger partial charge in [-0.25, -0.2) is 0 Å². The van der Waals surface area contributed by atoms with Crippen molar-refractivity contribution in [2.75, 3.05) is 6.54 Å². The highest BCUT2D eigenvalue weighted by atomic mass is 32.1. The van der Waals surface area contributed by atoms with Crippen LogP contribution in [-0.4, -0.2) is 21.7 Å². The molecule has 0 aromatic heterocycles. The zero-order valence-corrected chi connectivity index (χ0v) is 13.1. The first-order chi connectivity index (χ1) is 11.1. The molecular formula is C16H17N3O3S. The van der Waals surface area contributed by atoms with Crippen LogP contribution in [0.15, 0.2) is 54.6 Å². The van der Waals surface area contributed by atoms with Crippen molar-refractivity contribution in [2.45, 2.75) is 12.6 Å². The molecule has 2 aromatic carbocycles. The van der Waals surface area contributed by atoms with Gasteiger partial charge in [0.1, 0.15) is 0 Å². The SMILES string of the molecule is O=[N+]([O-])c1ccc([C@@H](O)CNC(=S)NCc2ccccc2)cc1. The number of non-ortho nitro benzene ring substituents is 1. The van der Waals surface area contributed by atoms with E-state index < -0.39 is 11.0 Å². The monoisotopic (exact) mass is 331 g/mol. The number of nitrogens with one attached hydrogen (secondary N) is 2. The zero-order valence-electron chi connectivity index (χ0n) is 12.3. The van der Waals surface area contributed by atoms with E-state index in [0.29, 0.717) is 17.2 Å². The lowest BCUT2D eigenvalue weighted by Gasteiger charge is -2.14. The van der Waals surface area contributed by atoms with E-state index in [0.717, 1.165) is 5.56 Å². The van der Waals surface area contributed by atoms with Gasteiger partial charge in [0.05, 0.1) is 11.0 Å². The van der Waals surface area contributed by atoms with Crippen LogP contribution in [0, 0.1) is 10.1 Å². The molecule has 0 heterocycles. The number of rotatable bonds is 6. The Morgan fingerprint density at radius 2 is 1.78 bits per heavy atom. The number of nitrogens with zero attached hydrogens (tertiary/aromatic N) is 1. The fourth-order valence-electron chi connectivity index (χ4n) is 1.97. The molecule has 120 valence electrons. The third-order valence-corrected chi connectivity index (χ3v) is 3.53. The Hall–Kier alpha value is -2.51. The van der Waals surface area contributed by atoms with Crippen molar-refractivity contribution in [3.05, 3.63) is 75.8 Å². The average Bonchev–Trinajstić information content (AvgIpc) is 2.58. The Labute approximate surface area is 139 Å². The molecule has 3 N–H and O–H groups in total. The summed E-state index contributed by atoms with van der Waals surface area (Å²) < 4.78 is 0. The third kappa shape index (κ3) is 5.32. The van der Waals surface area contributed by atoms with Gasteiger partial charge in [-0.05, 0) is 35.5 Å². The molecule has 0 amide bonds. The van der Waals surface area contributed by atoms with Crippen LogP contribution in [0.2, 0.25) is 0 Å². The van der Waals surface area contributed by atoms with Crippen LogP contribution in [0.5, 0.6) is 0 Å². The molecule has 0 saturated carbocycles. The van der Waals surface area contributed by atoms with Crippen LogP contribution in [0.25, 0.3) is 0 Å². The fourth-order valence-corrected chi connectivity index (χ4v) is 2.12. The van der Waals surface area contributed by atoms with Crippen LogP contribution < -0.4 is 10.6 Å². The first-order valence-corrected chi connectivity index (χ1v) is 7.45. The average molecular weight is 331 g/mol. The van der Waals surface area contributed by atoms with Gasteiger partial charge < -0.3 is 15.7 Å². The normalized spacial score (nSPS) is 11.5. The Balaban J connectivity index is 1.78. The van der Waals surface area contributed by atoms with Gasteiger partial charge in [0.2, 0.25) is 0 Å². The number of hydrogen-bond acceptors (Lipinski definition) is 4. The number of hydrogen-bond donors (Lipinski definition) is 3. The highest BCUT2D eigenvalue weighted by Gasteiger charge is 2.10. The first kappa shape index (κ1) is 16.9. The summed E-state index contributed by atoms with van der Waals surface area (Å²) in [7, 11) is 0. The van der Waals surface area contributed by atoms with Gasteiger partial charge in [0.15, 0.2) is 5.11 Å². The molecule has 7 heteroatoms. The van der Waals surface area contributed by atoms with Crippen molar-refractivity contribution in [3.8, 4) is 0 Å². The predicted octanol–water partition coefficient (Wildman–Crippen LogP) is 2.29. The van der Waals surface area contributed by atoms with Gasteiger partial charge in [-0.15, -0.1) is 0 Å². The minimum Gasteiger partial charge on any atom is -0.387 e. The highest BCUT2D eigenvalue weighted by Crippen LogP contribution is 2.17. The van der Waals surface area contributed by atoms with E-state index in [1.807, 2.05) is 30.3 Å². The summed E-state index contributed by atoms with van der Waals surface area (Å²) in [6.07, 6.45) is -0.799. The van der Waals surface area contributed by atoms with E-state index in [1.54, 1.807) is 0 Å². The van der Waals surface area contributed by atoms with E-state index in [2.05, 4.69) is 10.6 Å². The van der Waals surface area contributed by atoms with Gasteiger partial charge in [-0.2, -0.15) is 0 Å². The second-order valence-corrected chi connectivity index (χ2v) is 5.32. The van der Waals surface area contributed by atoms with E-state index in [1.165, 1.54) is 24.3 Å². The Bertz CT molecular complexity index is 662. The maximum atomic E-state index is 10.6. The quantitative estimate of drug-likeness (QED) is 0.428. The third-order valence-electron chi connectivity index (χ3n) is 3.24. The number of nitro benzene ring substituents is 1. The summed E-state index contributed by atoms with van der Waals surface area (Å²) in [6, 6.07) is 15.6. The number of nitro groups is 1. The molecular weight excluding hydrogens is 314 g/mol. The van der Waals surface area contributed by atoms with E-state index >= 15 is 0 Å². The fraction of sp³-hybridized carbons (Fsp3) is 0.188. The molecule has 0 fully saturated rings. The van der Waals surface area contributed by atoms with Crippen molar-refractivity contribution < 1.29 is 10.0 Å². The minimum atomic E-state index is -0.799. The van der Waals surface area contributed by atoms with E-state index in [4.69, 9.17) is 12.2 Å². The largest absolute Gasteiger partial charge is 0.387 e. The number of thiocarbonyl (C=S) groups is 1. The number of aliphatic hydroxyl groups is 1. The Kier molecular flexibility index (Phi) is 6.02. The molecule has 0 unspecified atom stereocenters. The van der Waals surface area contributed by atoms with Crippen LogP contribution >= 0.6 is 12.2 Å². The molecule has 0 aliphatic heterocycles. The zero-order chi connectivity index (χ0) is 16.7. The molecule has 6 nitrogen and oxygen atoms in total. The first-order valence-electron chi connectivity index (χ1n) is 7.04. The van der Waals surface area contributed by atoms with Crippen LogP contribution in [0.1, 0.15) is 17.2 Å². The van der Waals surface area contributed by atoms with E-state index in [9.17, 15) is 15.2 Å². The topological polar surface area (TPSA) is 87.4 Å². The van der Waals surface area contributed by atoms with Gasteiger partial charge in [-0.1, -0.05) is 30.3 Å². The van der Waals surface area contributed by atoms with Gasteiger partial charge in [0, 0.05) is 25.2 Å². The van der Waals surface area contributed by atoms with Crippen LogP contribution in [0.3, 0.4) is 0 Å². The maximum Gasteiger partial charge on any atom is 0.269 e. The predicted molar refractivity (Wildman–Crippen MR) is 91.9 cm³/mol. The summed E-state index contributed by atoms with van der Waals surface area (Å²) in [5, 5.41) is 27.1. The molecule has 2 rings (SSSR count). The number of benzene rings is 2. The summed E-state index contributed by atoms with van der Waals surface area (Å²) in [4.78, 5) is 10.1. The second-order valence-electron chi connectivity index (χ2n) is 4.91. The lowest BCUT2D eigenvalue weighted by molar-refractivity contribution is -0.384. The Morgan fingerprint density at radius 1 is 1.13 bits per heavy atom. The smallest absolute Gasteiger partial charge is 0.269 e. The van der Waals surface area contributed by atoms with Gasteiger partial charge >= 0.3 is 0 Å². The van der Waals surface area contributed by atoms with Crippen LogP contribution in [0.4, 0.5) is 5.69 Å². The van der Waals surface area contributed by atoms with Crippen molar-refractivity contribution in [1.29, 1.82) is 0 Å². The molecule has 0 saturated heterocycles. The molecule has 2 aromatic rings. The van der Waals surface area contributed by atoms with Crippen molar-refractivity contribution in [2.24, 2.45) is 0 Å². The van der Waals surface area contributed by atoms with Crippen molar-refractivity contribution in [1.82, 2.24) is 10.6 Å². The standard InChI is InChI=1S/C16H17N3O3S/c20-15(13-6-8-14(9-7-13)19(21)22)11-18-16(23)17-10-12-4-2-1-3-5-12/h1-9,15,20H,10-11H2,(H2,17,18,23)/t15-/m0/s1. The molecule has 0 radical (unpaired) electrons. The molecule has 0 aliphatic carbocycles. The lowest BCUT2D eigenvalue weighted by Crippen LogP contribution is -2.37. The number of aliphatic hydroxyl groups excluding tert-OH is 1. The molecule has 0 aliphatic rings. The van der Waals surface area contributed by atoms with E-state index in [-0.39, 0.29) is 12.2 Å². The molecule has 1 atom stereocenters. The maximum absolute atomic E-state index is 10.6. The highest BCUT2D eigenvalue weighted by molar-refractivity contribution is 7.80. The van der Waals surface area contributed by atoms with Crippen molar-refractivity contribution in [3.63, 3.8) is 0 Å². The van der Waals surface area contributed by atoms with Crippen molar-refractivity contribution >= 4 is 23.0 Å². The molecule has 0 spiro atoms. The molecule has 0 bridgehead atoms. The minimum absolute atomic E-state index is 0.00559. The summed E-state index contributed by atoms with van der Waals surface area (Å²) in [5.74, 6) is 0. The Morgan fingerprint density at radius 3 is 2.39 bits per heavy atom. The van der Waals surface area contributed by atoms with Crippen LogP contribution in [-0.2, 0) is 6.54 Å².